The molecule has 3 aromatic rings. The highest BCUT2D eigenvalue weighted by Crippen LogP contribution is 2.31. The number of hydrogen-bond acceptors (Lipinski definition) is 4. The lowest BCUT2D eigenvalue weighted by Gasteiger charge is -2.06. The molecule has 1 aromatic carbocycles. The minimum atomic E-state index is -4.37. The Kier molecular flexibility index (Phi) is 5.03. The summed E-state index contributed by atoms with van der Waals surface area (Å²) in [5.41, 5.74) is 1.40. The van der Waals surface area contributed by atoms with Crippen molar-refractivity contribution in [2.24, 2.45) is 0 Å². The first-order chi connectivity index (χ1) is 12.3. The Labute approximate surface area is 151 Å². The van der Waals surface area contributed by atoms with Crippen LogP contribution < -0.4 is 5.32 Å². The minimum absolute atomic E-state index is 0.0623. The van der Waals surface area contributed by atoms with E-state index in [0.717, 1.165) is 17.7 Å². The molecule has 0 fully saturated rings. The molecule has 2 aromatic heterocycles. The van der Waals surface area contributed by atoms with Crippen LogP contribution in [0.15, 0.2) is 48.0 Å². The van der Waals surface area contributed by atoms with Gasteiger partial charge >= 0.3 is 6.18 Å². The van der Waals surface area contributed by atoms with Gasteiger partial charge in [0.05, 0.1) is 17.7 Å². The number of alkyl halides is 3. The number of hydrogen-bond donors (Lipinski definition) is 1. The van der Waals surface area contributed by atoms with Gasteiger partial charge in [-0.15, -0.1) is 11.3 Å². The highest BCUT2D eigenvalue weighted by molar-refractivity contribution is 7.13. The number of rotatable bonds is 4. The van der Waals surface area contributed by atoms with Crippen LogP contribution in [-0.4, -0.2) is 15.9 Å². The van der Waals surface area contributed by atoms with E-state index in [0.29, 0.717) is 22.1 Å². The molecule has 0 bridgehead atoms. The van der Waals surface area contributed by atoms with E-state index >= 15 is 0 Å². The van der Waals surface area contributed by atoms with Crippen molar-refractivity contribution in [2.45, 2.75) is 19.5 Å². The number of thiazole rings is 1. The topological polar surface area (TPSA) is 54.9 Å². The van der Waals surface area contributed by atoms with Gasteiger partial charge in [0.1, 0.15) is 10.8 Å². The zero-order chi connectivity index (χ0) is 18.7. The molecule has 2 heterocycles. The first-order valence-corrected chi connectivity index (χ1v) is 8.54. The molecule has 134 valence electrons. The van der Waals surface area contributed by atoms with Gasteiger partial charge in [0.15, 0.2) is 0 Å². The van der Waals surface area contributed by atoms with E-state index < -0.39 is 11.7 Å². The smallest absolute Gasteiger partial charge is 0.310 e. The van der Waals surface area contributed by atoms with Crippen LogP contribution in [-0.2, 0) is 17.4 Å². The lowest BCUT2D eigenvalue weighted by atomic mass is 10.1. The number of amides is 1. The zero-order valence-corrected chi connectivity index (χ0v) is 14.5. The molecule has 0 aliphatic heterocycles. The molecule has 3 rings (SSSR count). The first kappa shape index (κ1) is 18.1. The van der Waals surface area contributed by atoms with Gasteiger partial charge in [-0.05, 0) is 36.8 Å². The molecule has 0 atom stereocenters. The van der Waals surface area contributed by atoms with Gasteiger partial charge in [-0.2, -0.15) is 13.2 Å². The van der Waals surface area contributed by atoms with Crippen LogP contribution in [0, 0.1) is 6.92 Å². The Hall–Kier alpha value is -2.74. The molecule has 0 aliphatic rings. The van der Waals surface area contributed by atoms with Crippen LogP contribution in [0.3, 0.4) is 0 Å². The third kappa shape index (κ3) is 4.45. The van der Waals surface area contributed by atoms with Gasteiger partial charge in [-0.3, -0.25) is 4.79 Å². The van der Waals surface area contributed by atoms with Crippen molar-refractivity contribution in [3.63, 3.8) is 0 Å². The zero-order valence-electron chi connectivity index (χ0n) is 13.7. The monoisotopic (exact) mass is 377 g/mol. The fourth-order valence-electron chi connectivity index (χ4n) is 2.28. The van der Waals surface area contributed by atoms with Crippen LogP contribution in [0.2, 0.25) is 0 Å². The average Bonchev–Trinajstić information content (AvgIpc) is 3.02. The van der Waals surface area contributed by atoms with Crippen LogP contribution in [0.4, 0.5) is 19.0 Å². The molecule has 0 unspecified atom stereocenters. The Morgan fingerprint density at radius 1 is 1.19 bits per heavy atom. The van der Waals surface area contributed by atoms with Crippen LogP contribution in [0.25, 0.3) is 10.6 Å². The molecule has 0 radical (unpaired) electrons. The highest BCUT2D eigenvalue weighted by atomic mass is 32.1. The number of benzene rings is 1. The van der Waals surface area contributed by atoms with E-state index in [2.05, 4.69) is 15.3 Å². The number of halogens is 3. The summed E-state index contributed by atoms with van der Waals surface area (Å²) in [7, 11) is 0. The molecule has 0 spiro atoms. The van der Waals surface area contributed by atoms with E-state index in [9.17, 15) is 18.0 Å². The van der Waals surface area contributed by atoms with Gasteiger partial charge in [0.25, 0.3) is 0 Å². The number of nitrogens with one attached hydrogen (secondary N) is 1. The molecule has 0 aliphatic carbocycles. The Balaban J connectivity index is 1.67. The Bertz CT molecular complexity index is 920. The van der Waals surface area contributed by atoms with E-state index in [4.69, 9.17) is 0 Å². The molecular formula is C18H14F3N3OS. The largest absolute Gasteiger partial charge is 0.416 e. The molecule has 0 saturated heterocycles. The summed E-state index contributed by atoms with van der Waals surface area (Å²) < 4.78 is 37.8. The van der Waals surface area contributed by atoms with Crippen molar-refractivity contribution in [2.75, 3.05) is 5.32 Å². The van der Waals surface area contributed by atoms with E-state index in [1.807, 2.05) is 13.0 Å². The fraction of sp³-hybridized carbons (Fsp3) is 0.167. The molecular weight excluding hydrogens is 363 g/mol. The summed E-state index contributed by atoms with van der Waals surface area (Å²) in [6.07, 6.45) is -2.70. The van der Waals surface area contributed by atoms with Crippen molar-refractivity contribution >= 4 is 23.1 Å². The molecule has 1 amide bonds. The number of pyridine rings is 1. The maximum Gasteiger partial charge on any atom is 0.416 e. The standard InChI is InChI=1S/C18H14F3N3OS/c1-11-6-7-22-15(8-11)24-16(25)9-14-10-26-17(23-14)12-2-4-13(5-3-12)18(19,20)21/h2-8,10H,9H2,1H3,(H,22,24,25). The predicted molar refractivity (Wildman–Crippen MR) is 93.9 cm³/mol. The van der Waals surface area contributed by atoms with E-state index in [1.165, 1.54) is 23.5 Å². The summed E-state index contributed by atoms with van der Waals surface area (Å²) in [6.45, 7) is 1.90. The lowest BCUT2D eigenvalue weighted by molar-refractivity contribution is -0.137. The lowest BCUT2D eigenvalue weighted by Crippen LogP contribution is -2.15. The maximum absolute atomic E-state index is 12.6. The number of carbonyl (C=O) groups is 1. The van der Waals surface area contributed by atoms with Crippen molar-refractivity contribution in [1.82, 2.24) is 9.97 Å². The summed E-state index contributed by atoms with van der Waals surface area (Å²) >= 11 is 1.28. The summed E-state index contributed by atoms with van der Waals surface area (Å²) in [6, 6.07) is 8.38. The van der Waals surface area contributed by atoms with Gasteiger partial charge in [0.2, 0.25) is 5.91 Å². The first-order valence-electron chi connectivity index (χ1n) is 7.66. The minimum Gasteiger partial charge on any atom is -0.310 e. The Morgan fingerprint density at radius 3 is 2.58 bits per heavy atom. The number of aromatic nitrogens is 2. The normalized spacial score (nSPS) is 11.4. The molecule has 0 saturated carbocycles. The number of anilines is 1. The van der Waals surface area contributed by atoms with Crippen LogP contribution >= 0.6 is 11.3 Å². The number of carbonyl (C=O) groups excluding carboxylic acids is 1. The third-order valence-electron chi connectivity index (χ3n) is 3.54. The van der Waals surface area contributed by atoms with Crippen molar-refractivity contribution in [3.05, 3.63) is 64.8 Å². The molecule has 26 heavy (non-hydrogen) atoms. The summed E-state index contributed by atoms with van der Waals surface area (Å²) in [5, 5.41) is 4.98. The Morgan fingerprint density at radius 2 is 1.92 bits per heavy atom. The van der Waals surface area contributed by atoms with Crippen molar-refractivity contribution in [3.8, 4) is 10.6 Å². The summed E-state index contributed by atoms with van der Waals surface area (Å²) in [5.74, 6) is 0.209. The SMILES string of the molecule is Cc1ccnc(NC(=O)Cc2csc(-c3ccc(C(F)(F)F)cc3)n2)c1. The maximum atomic E-state index is 12.6. The van der Waals surface area contributed by atoms with Gasteiger partial charge < -0.3 is 5.32 Å². The van der Waals surface area contributed by atoms with E-state index in [-0.39, 0.29) is 12.3 Å². The second-order valence-corrected chi connectivity index (χ2v) is 6.52. The molecule has 1 N–H and O–H groups in total. The van der Waals surface area contributed by atoms with E-state index in [1.54, 1.807) is 17.6 Å². The third-order valence-corrected chi connectivity index (χ3v) is 4.48. The van der Waals surface area contributed by atoms with Gasteiger partial charge in [0, 0.05) is 17.1 Å². The van der Waals surface area contributed by atoms with Crippen LogP contribution in [0.1, 0.15) is 16.8 Å². The van der Waals surface area contributed by atoms with Gasteiger partial charge in [-0.1, -0.05) is 12.1 Å². The van der Waals surface area contributed by atoms with Crippen LogP contribution in [0.5, 0.6) is 0 Å². The quantitative estimate of drug-likeness (QED) is 0.716. The number of nitrogens with zero attached hydrogens (tertiary/aromatic N) is 2. The predicted octanol–water partition coefficient (Wildman–Crippen LogP) is 4.71. The van der Waals surface area contributed by atoms with Crippen molar-refractivity contribution in [1.29, 1.82) is 0 Å². The average molecular weight is 377 g/mol. The highest BCUT2D eigenvalue weighted by Gasteiger charge is 2.30. The molecule has 4 nitrogen and oxygen atoms in total. The van der Waals surface area contributed by atoms with Crippen molar-refractivity contribution < 1.29 is 18.0 Å². The second kappa shape index (κ2) is 7.25. The second-order valence-electron chi connectivity index (χ2n) is 5.66. The molecule has 8 heteroatoms. The summed E-state index contributed by atoms with van der Waals surface area (Å²) in [4.78, 5) is 20.5. The number of aryl methyl sites for hydroxylation is 1. The van der Waals surface area contributed by atoms with Gasteiger partial charge in [-0.25, -0.2) is 9.97 Å². The fourth-order valence-corrected chi connectivity index (χ4v) is 3.10.